The number of anilines is 2. The lowest BCUT2D eigenvalue weighted by Gasteiger charge is -2.29. The Hall–Kier alpha value is -6.84. The van der Waals surface area contributed by atoms with Crippen LogP contribution >= 0.6 is 0 Å². The number of piperazine rings is 2. The molecule has 0 spiro atoms. The first kappa shape index (κ1) is 40.0. The molecule has 0 aliphatic carbocycles. The standard InChI is InChI=1S/2C25H22N4O2S/c30-32(31,23-11-5-7-18-6-1-2-8-19(18)23)29-15-12-21-24(29)20-9-3-4-10-22(20)27-25(21)28-16-13-26-14-17-28;30-32(31,20-10-9-18-5-1-2-6-19(18)17-20)29-14-11-22-24(29)21-7-3-4-8-23(21)27-25(22)28-15-12-26-13-16-28/h1-12,15,26H,13-14,16-17H2;1-11,14,17,26H,12-13,15-16H2. The van der Waals surface area contributed by atoms with E-state index in [1.165, 1.54) is 7.94 Å². The zero-order chi connectivity index (χ0) is 43.4. The number of hydrogen-bond acceptors (Lipinski definition) is 10. The van der Waals surface area contributed by atoms with Gasteiger partial charge < -0.3 is 20.4 Å². The van der Waals surface area contributed by atoms with E-state index in [1.807, 2.05) is 121 Å². The van der Waals surface area contributed by atoms with Crippen molar-refractivity contribution in [3.63, 3.8) is 0 Å². The summed E-state index contributed by atoms with van der Waals surface area (Å²) in [5, 5.41) is 13.6. The lowest BCUT2D eigenvalue weighted by Crippen LogP contribution is -2.44. The lowest BCUT2D eigenvalue weighted by atomic mass is 10.1. The Morgan fingerprint density at radius 1 is 0.422 bits per heavy atom. The molecule has 6 aromatic carbocycles. The molecule has 2 saturated heterocycles. The van der Waals surface area contributed by atoms with Crippen molar-refractivity contribution < 1.29 is 16.8 Å². The van der Waals surface area contributed by atoms with Crippen molar-refractivity contribution >= 4 is 96.8 Å². The van der Waals surface area contributed by atoms with Gasteiger partial charge in [-0.2, -0.15) is 0 Å². The highest BCUT2D eigenvalue weighted by Crippen LogP contribution is 2.37. The molecule has 0 bridgehead atoms. The number of nitrogens with one attached hydrogen (secondary N) is 2. The number of benzene rings is 6. The second-order valence-corrected chi connectivity index (χ2v) is 19.7. The van der Waals surface area contributed by atoms with Crippen molar-refractivity contribution in [3.05, 3.63) is 158 Å². The summed E-state index contributed by atoms with van der Waals surface area (Å²) >= 11 is 0. The highest BCUT2D eigenvalue weighted by molar-refractivity contribution is 7.90. The van der Waals surface area contributed by atoms with Crippen LogP contribution in [0.3, 0.4) is 0 Å². The Bertz CT molecular complexity index is 3640. The second kappa shape index (κ2) is 16.1. The number of rotatable bonds is 6. The molecule has 0 radical (unpaired) electrons. The van der Waals surface area contributed by atoms with E-state index in [2.05, 4.69) is 20.4 Å². The molecule has 12 rings (SSSR count). The van der Waals surface area contributed by atoms with Crippen LogP contribution in [0.4, 0.5) is 11.6 Å². The highest BCUT2D eigenvalue weighted by atomic mass is 32.2. The van der Waals surface area contributed by atoms with Crippen LogP contribution < -0.4 is 20.4 Å². The number of aromatic nitrogens is 4. The Labute approximate surface area is 370 Å². The molecule has 10 aromatic rings. The molecule has 2 aliphatic heterocycles. The molecule has 2 fully saturated rings. The predicted molar refractivity (Wildman–Crippen MR) is 258 cm³/mol. The molecule has 2 N–H and O–H groups in total. The Morgan fingerprint density at radius 3 is 1.47 bits per heavy atom. The maximum Gasteiger partial charge on any atom is 0.268 e. The number of nitrogens with zero attached hydrogens (tertiary/aromatic N) is 6. The van der Waals surface area contributed by atoms with Gasteiger partial charge in [0.15, 0.2) is 0 Å². The van der Waals surface area contributed by atoms with E-state index in [1.54, 1.807) is 36.7 Å². The quantitative estimate of drug-likeness (QED) is 0.169. The van der Waals surface area contributed by atoms with E-state index in [0.29, 0.717) is 15.9 Å². The monoisotopic (exact) mass is 884 g/mol. The third-order valence-corrected chi connectivity index (χ3v) is 15.8. The zero-order valence-electron chi connectivity index (χ0n) is 34.8. The molecular formula is C50H44N8O4S2. The lowest BCUT2D eigenvalue weighted by molar-refractivity contribution is 0.586. The number of fused-ring (bicyclic) bond motifs is 8. The van der Waals surface area contributed by atoms with Gasteiger partial charge in [0.2, 0.25) is 0 Å². The van der Waals surface area contributed by atoms with Gasteiger partial charge in [-0.15, -0.1) is 0 Å². The molecular weight excluding hydrogens is 841 g/mol. The summed E-state index contributed by atoms with van der Waals surface area (Å²) in [6, 6.07) is 45.4. The molecule has 0 amide bonds. The fourth-order valence-corrected chi connectivity index (χ4v) is 12.2. The number of pyridine rings is 2. The molecule has 64 heavy (non-hydrogen) atoms. The van der Waals surface area contributed by atoms with E-state index >= 15 is 0 Å². The fraction of sp³-hybridized carbons (Fsp3) is 0.160. The first-order valence-electron chi connectivity index (χ1n) is 21.5. The zero-order valence-corrected chi connectivity index (χ0v) is 36.4. The summed E-state index contributed by atoms with van der Waals surface area (Å²) < 4.78 is 58.4. The van der Waals surface area contributed by atoms with Gasteiger partial charge in [-0.05, 0) is 58.6 Å². The van der Waals surface area contributed by atoms with Crippen molar-refractivity contribution in [3.8, 4) is 0 Å². The highest BCUT2D eigenvalue weighted by Gasteiger charge is 2.27. The number of para-hydroxylation sites is 2. The average Bonchev–Trinajstić information content (AvgIpc) is 4.02. The van der Waals surface area contributed by atoms with Crippen molar-refractivity contribution in [2.45, 2.75) is 9.79 Å². The molecule has 320 valence electrons. The summed E-state index contributed by atoms with van der Waals surface area (Å²) in [6.07, 6.45) is 3.33. The minimum atomic E-state index is -3.83. The third-order valence-electron chi connectivity index (χ3n) is 12.4. The first-order chi connectivity index (χ1) is 31.3. The normalized spacial score (nSPS) is 15.1. The Kier molecular flexibility index (Phi) is 10.0. The van der Waals surface area contributed by atoms with E-state index in [9.17, 15) is 16.8 Å². The minimum Gasteiger partial charge on any atom is -0.353 e. The van der Waals surface area contributed by atoms with Crippen LogP contribution in [0.25, 0.3) is 65.2 Å². The van der Waals surface area contributed by atoms with Gasteiger partial charge in [-0.25, -0.2) is 34.7 Å². The van der Waals surface area contributed by atoms with Crippen LogP contribution in [0.2, 0.25) is 0 Å². The third kappa shape index (κ3) is 6.81. The van der Waals surface area contributed by atoms with Crippen molar-refractivity contribution in [2.75, 3.05) is 62.2 Å². The Morgan fingerprint density at radius 2 is 0.891 bits per heavy atom. The Balaban J connectivity index is 0.000000143. The second-order valence-electron chi connectivity index (χ2n) is 16.1. The summed E-state index contributed by atoms with van der Waals surface area (Å²) in [5.74, 6) is 1.68. The summed E-state index contributed by atoms with van der Waals surface area (Å²) in [6.45, 7) is 6.86. The summed E-state index contributed by atoms with van der Waals surface area (Å²) in [5.41, 5.74) is 2.94. The minimum absolute atomic E-state index is 0.276. The molecule has 0 unspecified atom stereocenters. The van der Waals surface area contributed by atoms with Gasteiger partial charge in [0, 0.05) is 91.7 Å². The van der Waals surface area contributed by atoms with Gasteiger partial charge in [0.1, 0.15) is 11.6 Å². The maximum atomic E-state index is 14.0. The smallest absolute Gasteiger partial charge is 0.268 e. The predicted octanol–water partition coefficient (Wildman–Crippen LogP) is 7.98. The van der Waals surface area contributed by atoms with Crippen molar-refractivity contribution in [1.82, 2.24) is 28.5 Å². The number of hydrogen-bond donors (Lipinski definition) is 2. The van der Waals surface area contributed by atoms with Crippen molar-refractivity contribution in [2.24, 2.45) is 0 Å². The largest absolute Gasteiger partial charge is 0.353 e. The molecule has 0 atom stereocenters. The van der Waals surface area contributed by atoms with E-state index in [4.69, 9.17) is 9.97 Å². The van der Waals surface area contributed by atoms with Gasteiger partial charge in [0.05, 0.1) is 31.9 Å². The van der Waals surface area contributed by atoms with Crippen LogP contribution in [-0.2, 0) is 20.0 Å². The van der Waals surface area contributed by atoms with Gasteiger partial charge in [-0.1, -0.05) is 103 Å². The van der Waals surface area contributed by atoms with E-state index in [0.717, 1.165) is 118 Å². The van der Waals surface area contributed by atoms with Gasteiger partial charge in [0.25, 0.3) is 20.0 Å². The van der Waals surface area contributed by atoms with E-state index in [-0.39, 0.29) is 4.90 Å². The fourth-order valence-electron chi connectivity index (χ4n) is 9.21. The van der Waals surface area contributed by atoms with Gasteiger partial charge in [-0.3, -0.25) is 0 Å². The van der Waals surface area contributed by atoms with Crippen LogP contribution in [0.1, 0.15) is 0 Å². The van der Waals surface area contributed by atoms with Crippen LogP contribution in [0.15, 0.2) is 168 Å². The van der Waals surface area contributed by atoms with E-state index < -0.39 is 20.0 Å². The molecule has 14 heteroatoms. The maximum absolute atomic E-state index is 14.0. The summed E-state index contributed by atoms with van der Waals surface area (Å²) in [7, 11) is -7.62. The first-order valence-corrected chi connectivity index (χ1v) is 24.3. The van der Waals surface area contributed by atoms with Gasteiger partial charge >= 0.3 is 0 Å². The molecule has 4 aromatic heterocycles. The van der Waals surface area contributed by atoms with Crippen LogP contribution in [-0.4, -0.2) is 87.1 Å². The summed E-state index contributed by atoms with van der Waals surface area (Å²) in [4.78, 5) is 14.9. The molecule has 12 nitrogen and oxygen atoms in total. The van der Waals surface area contributed by atoms with Crippen molar-refractivity contribution in [1.29, 1.82) is 0 Å². The van der Waals surface area contributed by atoms with Crippen LogP contribution in [0, 0.1) is 0 Å². The SMILES string of the molecule is O=S(=O)(c1ccc2ccccc2c1)n1ccc2c(N3CCNCC3)nc3ccccc3c21.O=S(=O)(c1cccc2ccccc12)n1ccc2c(N3CCNCC3)nc3ccccc3c21. The van der Waals surface area contributed by atoms with Crippen LogP contribution in [0.5, 0.6) is 0 Å². The molecule has 0 saturated carbocycles. The molecule has 6 heterocycles. The molecule has 2 aliphatic rings. The topological polar surface area (TPSA) is 134 Å². The average molecular weight is 885 g/mol.